The highest BCUT2D eigenvalue weighted by atomic mass is 127. The second kappa shape index (κ2) is 10.1. The molecule has 3 N–H and O–H groups in total. The number of amides is 1. The van der Waals surface area contributed by atoms with Crippen molar-refractivity contribution < 1.29 is 9.53 Å². The van der Waals surface area contributed by atoms with E-state index in [0.717, 1.165) is 51.5 Å². The largest absolute Gasteiger partial charge is 0.377 e. The van der Waals surface area contributed by atoms with Gasteiger partial charge in [-0.05, 0) is 38.5 Å². The minimum atomic E-state index is 0. The van der Waals surface area contributed by atoms with E-state index in [1.165, 1.54) is 25.7 Å². The van der Waals surface area contributed by atoms with Crippen LogP contribution in [0.25, 0.3) is 0 Å². The number of aliphatic imine (C=N–C) groups is 1. The molecule has 7 nitrogen and oxygen atoms in total. The first kappa shape index (κ1) is 23.1. The summed E-state index contributed by atoms with van der Waals surface area (Å²) < 4.78 is 6.03. The number of piperidine rings is 1. The van der Waals surface area contributed by atoms with Gasteiger partial charge in [-0.25, -0.2) is 0 Å². The molecule has 3 unspecified atom stereocenters. The third kappa shape index (κ3) is 4.69. The van der Waals surface area contributed by atoms with Crippen molar-refractivity contribution in [1.82, 2.24) is 20.9 Å². The summed E-state index contributed by atoms with van der Waals surface area (Å²) in [6.45, 7) is 6.21. The molecule has 0 radical (unpaired) electrons. The fourth-order valence-electron chi connectivity index (χ4n) is 5.73. The van der Waals surface area contributed by atoms with Gasteiger partial charge in [-0.2, -0.15) is 0 Å². The van der Waals surface area contributed by atoms with Crippen molar-refractivity contribution in [3.8, 4) is 0 Å². The molecule has 1 spiro atoms. The maximum atomic E-state index is 11.9. The third-order valence-electron chi connectivity index (χ3n) is 7.42. The van der Waals surface area contributed by atoms with Crippen LogP contribution in [0.3, 0.4) is 0 Å². The van der Waals surface area contributed by atoms with E-state index in [2.05, 4.69) is 32.8 Å². The molecule has 2 saturated heterocycles. The molecule has 0 aromatic carbocycles. The third-order valence-corrected chi connectivity index (χ3v) is 7.42. The Morgan fingerprint density at radius 2 is 1.97 bits per heavy atom. The summed E-state index contributed by atoms with van der Waals surface area (Å²) in [5.41, 5.74) is 0.369. The van der Waals surface area contributed by atoms with Gasteiger partial charge in [-0.15, -0.1) is 24.0 Å². The Morgan fingerprint density at radius 1 is 1.21 bits per heavy atom. The van der Waals surface area contributed by atoms with Crippen molar-refractivity contribution in [3.05, 3.63) is 0 Å². The number of nitrogens with zero attached hydrogens (tertiary/aromatic N) is 2. The number of carbonyl (C=O) groups is 1. The van der Waals surface area contributed by atoms with E-state index < -0.39 is 0 Å². The van der Waals surface area contributed by atoms with Gasteiger partial charge in [0.15, 0.2) is 5.96 Å². The van der Waals surface area contributed by atoms with Gasteiger partial charge in [0, 0.05) is 56.7 Å². The molecule has 4 rings (SSSR count). The summed E-state index contributed by atoms with van der Waals surface area (Å²) in [5, 5.41) is 10.4. The van der Waals surface area contributed by atoms with Gasteiger partial charge in [-0.1, -0.05) is 13.3 Å². The van der Waals surface area contributed by atoms with Gasteiger partial charge in [0.2, 0.25) is 5.91 Å². The maximum Gasteiger partial charge on any atom is 0.234 e. The Kier molecular flexibility index (Phi) is 8.06. The Hall–Kier alpha value is -0.610. The van der Waals surface area contributed by atoms with Gasteiger partial charge in [0.05, 0.1) is 12.6 Å². The van der Waals surface area contributed by atoms with Gasteiger partial charge >= 0.3 is 0 Å². The van der Waals surface area contributed by atoms with Crippen molar-refractivity contribution in [3.63, 3.8) is 0 Å². The predicted molar refractivity (Wildman–Crippen MR) is 126 cm³/mol. The number of carbonyl (C=O) groups excluding carboxylic acids is 1. The molecule has 3 atom stereocenters. The molecular formula is C21H38IN5O2. The molecule has 1 amide bonds. The minimum absolute atomic E-state index is 0. The van der Waals surface area contributed by atoms with E-state index in [1.54, 1.807) is 0 Å². The van der Waals surface area contributed by atoms with Crippen LogP contribution >= 0.6 is 24.0 Å². The van der Waals surface area contributed by atoms with E-state index in [-0.39, 0.29) is 29.9 Å². The van der Waals surface area contributed by atoms with E-state index in [1.807, 2.05) is 7.05 Å². The highest BCUT2D eigenvalue weighted by Gasteiger charge is 2.66. The Morgan fingerprint density at radius 3 is 2.59 bits per heavy atom. The van der Waals surface area contributed by atoms with Crippen molar-refractivity contribution in [2.45, 2.75) is 70.1 Å². The van der Waals surface area contributed by atoms with E-state index in [4.69, 9.17) is 4.74 Å². The van der Waals surface area contributed by atoms with Crippen LogP contribution in [-0.2, 0) is 9.53 Å². The molecule has 2 saturated carbocycles. The van der Waals surface area contributed by atoms with Gasteiger partial charge in [0.25, 0.3) is 0 Å². The Bertz CT molecular complexity index is 590. The highest BCUT2D eigenvalue weighted by Crippen LogP contribution is 2.62. The Balaban J connectivity index is 0.00000240. The average molecular weight is 519 g/mol. The van der Waals surface area contributed by atoms with Gasteiger partial charge in [0.1, 0.15) is 0 Å². The number of guanidine groups is 1. The quantitative estimate of drug-likeness (QED) is 0.283. The van der Waals surface area contributed by atoms with Crippen molar-refractivity contribution in [2.24, 2.45) is 16.3 Å². The molecule has 166 valence electrons. The lowest BCUT2D eigenvalue weighted by Crippen LogP contribution is -2.72. The first-order valence-electron chi connectivity index (χ1n) is 11.3. The monoisotopic (exact) mass is 519 g/mol. The van der Waals surface area contributed by atoms with Crippen LogP contribution in [-0.4, -0.2) is 74.8 Å². The number of likely N-dealkylation sites (tertiary alicyclic amines) is 1. The molecule has 0 bridgehead atoms. The smallest absolute Gasteiger partial charge is 0.234 e. The minimum Gasteiger partial charge on any atom is -0.377 e. The summed E-state index contributed by atoms with van der Waals surface area (Å²) in [5.74, 6) is 1.75. The number of rotatable bonds is 6. The molecule has 29 heavy (non-hydrogen) atoms. The first-order valence-corrected chi connectivity index (χ1v) is 11.3. The lowest BCUT2D eigenvalue weighted by molar-refractivity contribution is -0.171. The number of halogens is 1. The second-order valence-corrected chi connectivity index (χ2v) is 9.07. The van der Waals surface area contributed by atoms with Crippen LogP contribution in [0.4, 0.5) is 0 Å². The van der Waals surface area contributed by atoms with Crippen LogP contribution in [0, 0.1) is 11.3 Å². The van der Waals surface area contributed by atoms with Crippen LogP contribution in [0.2, 0.25) is 0 Å². The number of ether oxygens (including phenoxy) is 1. The summed E-state index contributed by atoms with van der Waals surface area (Å²) in [6.07, 6.45) is 8.67. The standard InChI is InChI=1S/C21H37N5O2.HI/c1-3-10-23-17(27)14-26-11-5-15(6-12-26)24-20(22-2)25-18-16-7-13-28-19(16)21(18)8-4-9-21;/h15-16,18-19H,3-14H2,1-2H3,(H,23,27)(H2,22,24,25);1H. The topological polar surface area (TPSA) is 78.0 Å². The van der Waals surface area contributed by atoms with E-state index >= 15 is 0 Å². The average Bonchev–Trinajstić information content (AvgIpc) is 3.08. The number of fused-ring (bicyclic) bond motifs is 2. The number of hydrogen-bond donors (Lipinski definition) is 3. The van der Waals surface area contributed by atoms with Crippen LogP contribution in [0.15, 0.2) is 4.99 Å². The molecule has 4 fully saturated rings. The fourth-order valence-corrected chi connectivity index (χ4v) is 5.73. The van der Waals surface area contributed by atoms with Crippen molar-refractivity contribution >= 4 is 35.8 Å². The molecule has 4 aliphatic rings. The van der Waals surface area contributed by atoms with Gasteiger partial charge < -0.3 is 20.7 Å². The highest BCUT2D eigenvalue weighted by molar-refractivity contribution is 14.0. The molecule has 8 heteroatoms. The first-order chi connectivity index (χ1) is 13.7. The fraction of sp³-hybridized carbons (Fsp3) is 0.905. The molecule has 2 aliphatic heterocycles. The molecular weight excluding hydrogens is 481 g/mol. The lowest BCUT2D eigenvalue weighted by Gasteiger charge is -2.63. The zero-order valence-corrected chi connectivity index (χ0v) is 20.2. The molecule has 0 aromatic heterocycles. The summed E-state index contributed by atoms with van der Waals surface area (Å²) in [4.78, 5) is 18.7. The SMILES string of the molecule is CCCNC(=O)CN1CCC(NC(=NC)NC2C3CCOC3C23CCC3)CC1.I. The molecule has 0 aromatic rings. The summed E-state index contributed by atoms with van der Waals surface area (Å²) in [6, 6.07) is 0.941. The Labute approximate surface area is 192 Å². The van der Waals surface area contributed by atoms with Crippen molar-refractivity contribution in [1.29, 1.82) is 0 Å². The van der Waals surface area contributed by atoms with E-state index in [9.17, 15) is 4.79 Å². The zero-order valence-electron chi connectivity index (χ0n) is 17.9. The normalized spacial score (nSPS) is 31.2. The van der Waals surface area contributed by atoms with Crippen LogP contribution in [0.1, 0.15) is 51.9 Å². The lowest BCUT2D eigenvalue weighted by atomic mass is 9.46. The maximum absolute atomic E-state index is 11.9. The molecule has 2 aliphatic carbocycles. The van der Waals surface area contributed by atoms with Crippen molar-refractivity contribution in [2.75, 3.05) is 39.8 Å². The number of nitrogens with one attached hydrogen (secondary N) is 3. The van der Waals surface area contributed by atoms with Gasteiger partial charge in [-0.3, -0.25) is 14.7 Å². The predicted octanol–water partition coefficient (Wildman–Crippen LogP) is 1.72. The van der Waals surface area contributed by atoms with Crippen LogP contribution < -0.4 is 16.0 Å². The van der Waals surface area contributed by atoms with E-state index in [0.29, 0.717) is 36.1 Å². The molecule has 2 heterocycles. The zero-order chi connectivity index (χ0) is 19.6. The summed E-state index contributed by atoms with van der Waals surface area (Å²) >= 11 is 0. The van der Waals surface area contributed by atoms with Crippen LogP contribution in [0.5, 0.6) is 0 Å². The number of hydrogen-bond acceptors (Lipinski definition) is 4. The second-order valence-electron chi connectivity index (χ2n) is 9.07. The summed E-state index contributed by atoms with van der Waals surface area (Å²) in [7, 11) is 1.87.